The van der Waals surface area contributed by atoms with E-state index in [0.29, 0.717) is 27.5 Å². The number of rotatable bonds is 2. The van der Waals surface area contributed by atoms with E-state index in [1.807, 2.05) is 6.07 Å². The van der Waals surface area contributed by atoms with Crippen molar-refractivity contribution in [2.24, 2.45) is 0 Å². The summed E-state index contributed by atoms with van der Waals surface area (Å²) in [7, 11) is 0. The molecule has 0 aliphatic heterocycles. The number of fused-ring (bicyclic) bond motifs is 1. The molecule has 0 aliphatic rings. The van der Waals surface area contributed by atoms with E-state index in [2.05, 4.69) is 0 Å². The van der Waals surface area contributed by atoms with Crippen LogP contribution in [0.2, 0.25) is 0 Å². The Balaban J connectivity index is 2.21. The molecule has 0 radical (unpaired) electrons. The van der Waals surface area contributed by atoms with Crippen LogP contribution in [0.15, 0.2) is 54.6 Å². The normalized spacial score (nSPS) is 12.6. The van der Waals surface area contributed by atoms with Gasteiger partial charge in [-0.05, 0) is 29.5 Å². The summed E-state index contributed by atoms with van der Waals surface area (Å²) in [5.41, 5.74) is 1.66. The van der Waals surface area contributed by atoms with Gasteiger partial charge in [0.15, 0.2) is 0 Å². The lowest BCUT2D eigenvalue weighted by molar-refractivity contribution is 0.603. The summed E-state index contributed by atoms with van der Waals surface area (Å²) in [6, 6.07) is 15.2. The molecule has 3 heteroatoms. The number of aryl methyl sites for hydroxylation is 1. The Labute approximate surface area is 127 Å². The molecule has 0 saturated heterocycles. The van der Waals surface area contributed by atoms with Crippen molar-refractivity contribution in [1.29, 1.82) is 0 Å². The maximum absolute atomic E-state index is 14.3. The van der Waals surface area contributed by atoms with Gasteiger partial charge in [-0.3, -0.25) is 0 Å². The molecule has 21 heavy (non-hydrogen) atoms. The molecule has 1 atom stereocenters. The molecule has 3 rings (SSSR count). The summed E-state index contributed by atoms with van der Waals surface area (Å²) in [4.78, 5) is 0. The number of benzene rings is 3. The SMILES string of the molecule is Cc1cccc(C(Cl)c2ccc(F)c3ccccc23)c1F. The first-order chi connectivity index (χ1) is 10.1. The Morgan fingerprint density at radius 2 is 1.52 bits per heavy atom. The standard InChI is InChI=1S/C18H13ClF2/c1-11-5-4-8-15(18(11)21)17(19)14-9-10-16(20)13-7-3-2-6-12(13)14/h2-10,17H,1H3. The minimum atomic E-state index is -0.657. The Hall–Kier alpha value is -1.93. The Kier molecular flexibility index (Phi) is 3.64. The Morgan fingerprint density at radius 3 is 2.29 bits per heavy atom. The fraction of sp³-hybridized carbons (Fsp3) is 0.111. The number of alkyl halides is 1. The van der Waals surface area contributed by atoms with Gasteiger partial charge < -0.3 is 0 Å². The summed E-state index contributed by atoms with van der Waals surface area (Å²) in [6.07, 6.45) is 0. The van der Waals surface area contributed by atoms with Crippen molar-refractivity contribution in [3.8, 4) is 0 Å². The molecular weight excluding hydrogens is 290 g/mol. The molecule has 3 aromatic carbocycles. The van der Waals surface area contributed by atoms with Crippen LogP contribution in [-0.4, -0.2) is 0 Å². The van der Waals surface area contributed by atoms with Gasteiger partial charge in [0.2, 0.25) is 0 Å². The zero-order valence-corrected chi connectivity index (χ0v) is 12.2. The molecule has 106 valence electrons. The highest BCUT2D eigenvalue weighted by Gasteiger charge is 2.19. The zero-order valence-electron chi connectivity index (χ0n) is 11.4. The maximum Gasteiger partial charge on any atom is 0.131 e. The fourth-order valence-corrected chi connectivity index (χ4v) is 2.90. The van der Waals surface area contributed by atoms with E-state index < -0.39 is 5.38 Å². The van der Waals surface area contributed by atoms with Crippen molar-refractivity contribution in [2.75, 3.05) is 0 Å². The summed E-state index contributed by atoms with van der Waals surface area (Å²) < 4.78 is 28.1. The molecule has 0 spiro atoms. The first-order valence-electron chi connectivity index (χ1n) is 6.66. The van der Waals surface area contributed by atoms with Crippen molar-refractivity contribution in [3.05, 3.63) is 82.9 Å². The molecule has 0 heterocycles. The van der Waals surface area contributed by atoms with E-state index in [1.54, 1.807) is 49.4 Å². The van der Waals surface area contributed by atoms with Crippen molar-refractivity contribution < 1.29 is 8.78 Å². The minimum absolute atomic E-state index is 0.303. The third-order valence-corrected chi connectivity index (χ3v) is 4.14. The number of hydrogen-bond acceptors (Lipinski definition) is 0. The third kappa shape index (κ3) is 2.40. The van der Waals surface area contributed by atoms with Gasteiger partial charge in [-0.1, -0.05) is 48.5 Å². The van der Waals surface area contributed by atoms with Gasteiger partial charge in [-0.2, -0.15) is 0 Å². The molecule has 0 bridgehead atoms. The fourth-order valence-electron chi connectivity index (χ4n) is 2.54. The van der Waals surface area contributed by atoms with Crippen LogP contribution in [0.5, 0.6) is 0 Å². The monoisotopic (exact) mass is 302 g/mol. The third-order valence-electron chi connectivity index (χ3n) is 3.67. The van der Waals surface area contributed by atoms with Crippen LogP contribution in [0.1, 0.15) is 22.1 Å². The lowest BCUT2D eigenvalue weighted by atomic mass is 9.96. The van der Waals surface area contributed by atoms with Gasteiger partial charge in [0.25, 0.3) is 0 Å². The van der Waals surface area contributed by atoms with Crippen LogP contribution in [0.25, 0.3) is 10.8 Å². The molecule has 0 saturated carbocycles. The largest absolute Gasteiger partial charge is 0.206 e. The summed E-state index contributed by atoms with van der Waals surface area (Å²) in [6.45, 7) is 1.70. The van der Waals surface area contributed by atoms with Crippen molar-refractivity contribution in [1.82, 2.24) is 0 Å². The first kappa shape index (κ1) is 14.0. The molecule has 3 aromatic rings. The van der Waals surface area contributed by atoms with Crippen molar-refractivity contribution in [3.63, 3.8) is 0 Å². The van der Waals surface area contributed by atoms with Crippen LogP contribution in [0.3, 0.4) is 0 Å². The average Bonchev–Trinajstić information content (AvgIpc) is 2.50. The summed E-state index contributed by atoms with van der Waals surface area (Å²) >= 11 is 6.48. The number of halogens is 3. The van der Waals surface area contributed by atoms with Crippen LogP contribution >= 0.6 is 11.6 Å². The van der Waals surface area contributed by atoms with E-state index in [-0.39, 0.29) is 11.6 Å². The van der Waals surface area contributed by atoms with Gasteiger partial charge in [0.1, 0.15) is 11.6 Å². The lowest BCUT2D eigenvalue weighted by Crippen LogP contribution is -2.00. The second-order valence-electron chi connectivity index (χ2n) is 5.02. The summed E-state index contributed by atoms with van der Waals surface area (Å²) in [5.74, 6) is -0.617. The van der Waals surface area contributed by atoms with Crippen LogP contribution in [0.4, 0.5) is 8.78 Å². The highest BCUT2D eigenvalue weighted by molar-refractivity contribution is 6.23. The van der Waals surface area contributed by atoms with E-state index in [4.69, 9.17) is 11.6 Å². The topological polar surface area (TPSA) is 0 Å². The second-order valence-corrected chi connectivity index (χ2v) is 5.46. The van der Waals surface area contributed by atoms with Gasteiger partial charge in [0, 0.05) is 10.9 Å². The van der Waals surface area contributed by atoms with Crippen LogP contribution in [-0.2, 0) is 0 Å². The van der Waals surface area contributed by atoms with Crippen molar-refractivity contribution in [2.45, 2.75) is 12.3 Å². The predicted molar refractivity (Wildman–Crippen MR) is 82.7 cm³/mol. The van der Waals surface area contributed by atoms with E-state index in [9.17, 15) is 8.78 Å². The van der Waals surface area contributed by atoms with Crippen LogP contribution < -0.4 is 0 Å². The number of hydrogen-bond donors (Lipinski definition) is 0. The molecule has 0 aliphatic carbocycles. The van der Waals surface area contributed by atoms with E-state index in [1.165, 1.54) is 6.07 Å². The summed E-state index contributed by atoms with van der Waals surface area (Å²) in [5, 5.41) is 0.544. The second kappa shape index (κ2) is 5.45. The molecule has 0 amide bonds. The molecule has 0 nitrogen and oxygen atoms in total. The quantitative estimate of drug-likeness (QED) is 0.528. The smallest absolute Gasteiger partial charge is 0.131 e. The first-order valence-corrected chi connectivity index (χ1v) is 7.09. The lowest BCUT2D eigenvalue weighted by Gasteiger charge is -2.15. The van der Waals surface area contributed by atoms with Gasteiger partial charge in [-0.25, -0.2) is 8.78 Å². The predicted octanol–water partition coefficient (Wildman–Crippen LogP) is 5.75. The highest BCUT2D eigenvalue weighted by atomic mass is 35.5. The van der Waals surface area contributed by atoms with Crippen molar-refractivity contribution >= 4 is 22.4 Å². The van der Waals surface area contributed by atoms with Gasteiger partial charge >= 0.3 is 0 Å². The highest BCUT2D eigenvalue weighted by Crippen LogP contribution is 2.36. The zero-order chi connectivity index (χ0) is 15.0. The minimum Gasteiger partial charge on any atom is -0.206 e. The van der Waals surface area contributed by atoms with Gasteiger partial charge in [0.05, 0.1) is 5.38 Å². The Bertz CT molecular complexity index is 811. The molecule has 0 N–H and O–H groups in total. The van der Waals surface area contributed by atoms with Gasteiger partial charge in [-0.15, -0.1) is 11.6 Å². The molecule has 1 unspecified atom stereocenters. The van der Waals surface area contributed by atoms with E-state index in [0.717, 1.165) is 0 Å². The van der Waals surface area contributed by atoms with Crippen LogP contribution in [0, 0.1) is 18.6 Å². The molecule has 0 fully saturated rings. The Morgan fingerprint density at radius 1 is 0.810 bits per heavy atom. The maximum atomic E-state index is 14.3. The molecular formula is C18H13ClF2. The molecule has 0 aromatic heterocycles. The van der Waals surface area contributed by atoms with E-state index >= 15 is 0 Å². The average molecular weight is 303 g/mol.